The summed E-state index contributed by atoms with van der Waals surface area (Å²) in [7, 11) is 3.29. The summed E-state index contributed by atoms with van der Waals surface area (Å²) < 4.78 is 18.7. The number of nitrogens with one attached hydrogen (secondary N) is 3. The molecule has 0 radical (unpaired) electrons. The lowest BCUT2D eigenvalue weighted by molar-refractivity contribution is -1.02. The van der Waals surface area contributed by atoms with Crippen LogP contribution in [0.15, 0.2) is 18.2 Å². The molecule has 5 nitrogen and oxygen atoms in total. The van der Waals surface area contributed by atoms with Gasteiger partial charge in [-0.25, -0.2) is 4.39 Å². The van der Waals surface area contributed by atoms with E-state index >= 15 is 0 Å². The monoisotopic (exact) mass is 311 g/mol. The average molecular weight is 311 g/mol. The van der Waals surface area contributed by atoms with Crippen molar-refractivity contribution in [3.8, 4) is 5.75 Å². The highest BCUT2D eigenvalue weighted by Crippen LogP contribution is 2.18. The zero-order chi connectivity index (χ0) is 16.1. The molecule has 0 bridgehead atoms. The highest BCUT2D eigenvalue weighted by atomic mass is 19.1. The number of hydrogen-bond donors (Lipinski definition) is 3. The molecule has 1 aliphatic heterocycles. The largest absolute Gasteiger partial charge is 0.496 e. The van der Waals surface area contributed by atoms with Gasteiger partial charge < -0.3 is 19.9 Å². The molecule has 1 heterocycles. The first-order chi connectivity index (χ1) is 10.5. The van der Waals surface area contributed by atoms with E-state index < -0.39 is 0 Å². The fraction of sp³-hybridized carbons (Fsp3) is 0.562. The molecule has 1 saturated heterocycles. The Hall–Kier alpha value is -1.66. The molecule has 0 spiro atoms. The van der Waals surface area contributed by atoms with Gasteiger partial charge in [0.15, 0.2) is 6.04 Å². The lowest BCUT2D eigenvalue weighted by Gasteiger charge is -2.32. The van der Waals surface area contributed by atoms with Crippen LogP contribution in [-0.4, -0.2) is 52.3 Å². The van der Waals surface area contributed by atoms with E-state index in [2.05, 4.69) is 5.32 Å². The van der Waals surface area contributed by atoms with E-state index in [0.29, 0.717) is 0 Å². The molecule has 0 saturated carbocycles. The Balaban J connectivity index is 1.93. The summed E-state index contributed by atoms with van der Waals surface area (Å²) in [6.07, 6.45) is 0. The van der Waals surface area contributed by atoms with Gasteiger partial charge in [0.2, 0.25) is 0 Å². The number of benzene rings is 1. The van der Waals surface area contributed by atoms with Gasteiger partial charge in [0.05, 0.1) is 12.7 Å². The van der Waals surface area contributed by atoms with Gasteiger partial charge in [0.1, 0.15) is 44.3 Å². The summed E-state index contributed by atoms with van der Waals surface area (Å²) in [6.45, 7) is 6.55. The van der Waals surface area contributed by atoms with Crippen LogP contribution in [0.25, 0.3) is 0 Å². The predicted molar refractivity (Wildman–Crippen MR) is 81.6 cm³/mol. The molecule has 0 unspecified atom stereocenters. The van der Waals surface area contributed by atoms with E-state index in [-0.39, 0.29) is 17.8 Å². The second-order valence-corrected chi connectivity index (χ2v) is 5.88. The van der Waals surface area contributed by atoms with Gasteiger partial charge in [-0.2, -0.15) is 0 Å². The molecule has 1 atom stereocenters. The van der Waals surface area contributed by atoms with Crippen LogP contribution in [0.5, 0.6) is 5.75 Å². The molecular formula is C16H26FN3O2+2. The fourth-order valence-corrected chi connectivity index (χ4v) is 3.09. The number of hydrogen-bond acceptors (Lipinski definition) is 2. The number of amides is 1. The topological polar surface area (TPSA) is 47.2 Å². The Morgan fingerprint density at radius 2 is 2.05 bits per heavy atom. The van der Waals surface area contributed by atoms with Crippen molar-refractivity contribution >= 4 is 5.91 Å². The fourth-order valence-electron chi connectivity index (χ4n) is 3.09. The average Bonchev–Trinajstić information content (AvgIpc) is 2.54. The molecule has 1 amide bonds. The molecule has 3 N–H and O–H groups in total. The minimum Gasteiger partial charge on any atom is -0.496 e. The van der Waals surface area contributed by atoms with Crippen LogP contribution < -0.4 is 19.9 Å². The van der Waals surface area contributed by atoms with Crippen LogP contribution in [-0.2, 0) is 11.3 Å². The first-order valence-corrected chi connectivity index (χ1v) is 7.77. The third kappa shape index (κ3) is 3.96. The number of carbonyl (C=O) groups is 1. The predicted octanol–water partition coefficient (Wildman–Crippen LogP) is -1.75. The molecule has 22 heavy (non-hydrogen) atoms. The number of piperazine rings is 1. The number of carbonyl (C=O) groups excluding carboxylic acids is 1. The van der Waals surface area contributed by atoms with Gasteiger partial charge in [-0.3, -0.25) is 4.79 Å². The number of quaternary nitrogens is 2. The van der Waals surface area contributed by atoms with E-state index in [9.17, 15) is 9.18 Å². The summed E-state index contributed by atoms with van der Waals surface area (Å²) >= 11 is 0. The summed E-state index contributed by atoms with van der Waals surface area (Å²) in [6, 6.07) is 4.64. The van der Waals surface area contributed by atoms with Gasteiger partial charge in [-0.1, -0.05) is 0 Å². The van der Waals surface area contributed by atoms with Crippen LogP contribution in [0, 0.1) is 5.82 Å². The van der Waals surface area contributed by atoms with Crippen LogP contribution >= 0.6 is 0 Å². The maximum atomic E-state index is 13.4. The SMILES string of the molecule is CNC(=O)[C@H](C)[NH+]1CC[NH+](Cc2cc(F)ccc2OC)CC1. The smallest absolute Gasteiger partial charge is 0.277 e. The highest BCUT2D eigenvalue weighted by molar-refractivity contribution is 5.79. The third-order valence-electron chi connectivity index (χ3n) is 4.53. The number of halogens is 1. The van der Waals surface area contributed by atoms with Gasteiger partial charge in [0, 0.05) is 7.05 Å². The van der Waals surface area contributed by atoms with Crippen molar-refractivity contribution in [1.82, 2.24) is 5.32 Å². The van der Waals surface area contributed by atoms with Gasteiger partial charge >= 0.3 is 0 Å². The van der Waals surface area contributed by atoms with Crippen LogP contribution in [0.1, 0.15) is 12.5 Å². The third-order valence-corrected chi connectivity index (χ3v) is 4.53. The lowest BCUT2D eigenvalue weighted by Crippen LogP contribution is -3.29. The second kappa shape index (κ2) is 7.56. The molecule has 122 valence electrons. The molecule has 2 rings (SSSR count). The van der Waals surface area contributed by atoms with Crippen molar-refractivity contribution < 1.29 is 23.7 Å². The van der Waals surface area contributed by atoms with Crippen molar-refractivity contribution in [1.29, 1.82) is 0 Å². The molecular weight excluding hydrogens is 285 g/mol. The van der Waals surface area contributed by atoms with Gasteiger partial charge in [-0.05, 0) is 25.1 Å². The molecule has 0 aromatic heterocycles. The maximum Gasteiger partial charge on any atom is 0.277 e. The van der Waals surface area contributed by atoms with Crippen LogP contribution in [0.2, 0.25) is 0 Å². The Morgan fingerprint density at radius 3 is 2.64 bits per heavy atom. The van der Waals surface area contributed by atoms with Crippen molar-refractivity contribution in [2.24, 2.45) is 0 Å². The normalized spacial score (nSPS) is 22.9. The number of methoxy groups -OCH3 is 1. The van der Waals surface area contributed by atoms with Crippen molar-refractivity contribution in [2.75, 3.05) is 40.3 Å². The minimum atomic E-state index is -0.229. The summed E-state index contributed by atoms with van der Waals surface area (Å²) in [5.41, 5.74) is 0.903. The maximum absolute atomic E-state index is 13.4. The number of ether oxygens (including phenoxy) is 1. The molecule has 6 heteroatoms. The summed E-state index contributed by atoms with van der Waals surface area (Å²) in [4.78, 5) is 14.4. The minimum absolute atomic E-state index is 0.0183. The standard InChI is InChI=1S/C16H24FN3O2/c1-12(16(21)18-2)20-8-6-19(7-9-20)11-13-10-14(17)4-5-15(13)22-3/h4-5,10,12H,6-9,11H2,1-3H3,(H,18,21)/p+2/t12-/m0/s1. The molecule has 1 aromatic rings. The zero-order valence-electron chi connectivity index (χ0n) is 13.5. The first-order valence-electron chi connectivity index (χ1n) is 7.77. The Bertz CT molecular complexity index is 516. The van der Waals surface area contributed by atoms with Crippen molar-refractivity contribution in [2.45, 2.75) is 19.5 Å². The van der Waals surface area contributed by atoms with Gasteiger partial charge in [-0.15, -0.1) is 0 Å². The van der Waals surface area contributed by atoms with Gasteiger partial charge in [0.25, 0.3) is 5.91 Å². The molecule has 1 fully saturated rings. The lowest BCUT2D eigenvalue weighted by atomic mass is 10.1. The van der Waals surface area contributed by atoms with Crippen LogP contribution in [0.4, 0.5) is 4.39 Å². The molecule has 1 aromatic carbocycles. The molecule has 1 aliphatic rings. The van der Waals surface area contributed by atoms with Crippen molar-refractivity contribution in [3.63, 3.8) is 0 Å². The zero-order valence-corrected chi connectivity index (χ0v) is 13.5. The summed E-state index contributed by atoms with van der Waals surface area (Å²) in [5.74, 6) is 0.598. The van der Waals surface area contributed by atoms with E-state index in [0.717, 1.165) is 44.0 Å². The summed E-state index contributed by atoms with van der Waals surface area (Å²) in [5, 5.41) is 2.71. The second-order valence-electron chi connectivity index (χ2n) is 5.88. The Morgan fingerprint density at radius 1 is 1.36 bits per heavy atom. The Kier molecular flexibility index (Phi) is 5.74. The van der Waals surface area contributed by atoms with E-state index in [1.807, 2.05) is 6.92 Å². The number of likely N-dealkylation sites (N-methyl/N-ethyl adjacent to an activating group) is 1. The van der Waals surface area contributed by atoms with E-state index in [1.54, 1.807) is 26.3 Å². The molecule has 0 aliphatic carbocycles. The van der Waals surface area contributed by atoms with E-state index in [4.69, 9.17) is 4.74 Å². The first kappa shape index (κ1) is 16.7. The quantitative estimate of drug-likeness (QED) is 0.604. The number of rotatable bonds is 5. The Labute approximate surface area is 131 Å². The van der Waals surface area contributed by atoms with Crippen LogP contribution in [0.3, 0.4) is 0 Å². The van der Waals surface area contributed by atoms with E-state index in [1.165, 1.54) is 15.9 Å². The van der Waals surface area contributed by atoms with Crippen molar-refractivity contribution in [3.05, 3.63) is 29.6 Å². The highest BCUT2D eigenvalue weighted by Gasteiger charge is 2.30.